The molecule has 0 saturated carbocycles. The second kappa shape index (κ2) is 9.04. The third-order valence-electron chi connectivity index (χ3n) is 5.22. The molecular weight excluding hydrogens is 380 g/mol. The second-order valence-corrected chi connectivity index (χ2v) is 7.19. The lowest BCUT2D eigenvalue weighted by molar-refractivity contribution is 0.210. The highest BCUT2D eigenvalue weighted by Crippen LogP contribution is 2.31. The summed E-state index contributed by atoms with van der Waals surface area (Å²) in [5.74, 6) is 1.46. The largest absolute Gasteiger partial charge is 0.481 e. The minimum absolute atomic E-state index is 0.624. The highest BCUT2D eigenvalue weighted by molar-refractivity contribution is 5.68. The van der Waals surface area contributed by atoms with Gasteiger partial charge < -0.3 is 19.7 Å². The van der Waals surface area contributed by atoms with Crippen molar-refractivity contribution in [3.05, 3.63) is 53.7 Å². The number of nitrogens with zero attached hydrogens (tertiary/aromatic N) is 5. The number of pyridine rings is 2. The number of hydrogen-bond donors (Lipinski definition) is 1. The number of rotatable bonds is 7. The molecule has 0 amide bonds. The van der Waals surface area contributed by atoms with Gasteiger partial charge in [-0.1, -0.05) is 0 Å². The molecule has 4 heterocycles. The van der Waals surface area contributed by atoms with Crippen LogP contribution in [0.4, 0.5) is 11.5 Å². The normalized spacial score (nSPS) is 13.1. The van der Waals surface area contributed by atoms with E-state index in [0.29, 0.717) is 19.0 Å². The van der Waals surface area contributed by atoms with Crippen molar-refractivity contribution in [1.29, 1.82) is 0 Å². The maximum absolute atomic E-state index is 5.30. The van der Waals surface area contributed by atoms with Crippen molar-refractivity contribution < 1.29 is 9.47 Å². The molecule has 0 bridgehead atoms. The van der Waals surface area contributed by atoms with Gasteiger partial charge in [-0.25, -0.2) is 19.9 Å². The molecule has 0 fully saturated rings. The van der Waals surface area contributed by atoms with Crippen LogP contribution in [0.5, 0.6) is 5.88 Å². The first-order valence-electron chi connectivity index (χ1n) is 9.97. The van der Waals surface area contributed by atoms with Crippen LogP contribution in [-0.4, -0.2) is 53.9 Å². The number of methoxy groups -OCH3 is 2. The highest BCUT2D eigenvalue weighted by atomic mass is 16.5. The molecule has 1 N–H and O–H groups in total. The zero-order valence-electron chi connectivity index (χ0n) is 17.6. The summed E-state index contributed by atoms with van der Waals surface area (Å²) < 4.78 is 10.4. The Labute approximate surface area is 176 Å². The predicted octanol–water partition coefficient (Wildman–Crippen LogP) is 2.87. The summed E-state index contributed by atoms with van der Waals surface area (Å²) in [6.07, 6.45) is 6.18. The molecule has 0 radical (unpaired) electrons. The number of ether oxygens (including phenoxy) is 2. The zero-order valence-corrected chi connectivity index (χ0v) is 17.6. The molecule has 0 saturated heterocycles. The van der Waals surface area contributed by atoms with E-state index < -0.39 is 0 Å². The Hall–Kier alpha value is -3.26. The monoisotopic (exact) mass is 406 g/mol. The van der Waals surface area contributed by atoms with Crippen molar-refractivity contribution in [2.75, 3.05) is 44.1 Å². The van der Waals surface area contributed by atoms with E-state index in [0.717, 1.165) is 59.1 Å². The molecule has 1 aliphatic heterocycles. The first-order chi connectivity index (χ1) is 14.7. The van der Waals surface area contributed by atoms with E-state index in [1.165, 1.54) is 0 Å². The van der Waals surface area contributed by atoms with Crippen molar-refractivity contribution in [1.82, 2.24) is 19.9 Å². The molecular formula is C22H26N6O2. The lowest BCUT2D eigenvalue weighted by atomic mass is 9.99. The molecule has 0 aromatic carbocycles. The van der Waals surface area contributed by atoms with Crippen LogP contribution in [-0.2, 0) is 17.7 Å². The lowest BCUT2D eigenvalue weighted by Gasteiger charge is -2.31. The molecule has 0 unspecified atom stereocenters. The Morgan fingerprint density at radius 1 is 1.13 bits per heavy atom. The van der Waals surface area contributed by atoms with Crippen LogP contribution in [0.25, 0.3) is 11.3 Å². The van der Waals surface area contributed by atoms with Gasteiger partial charge in [0.05, 0.1) is 37.0 Å². The number of hydrogen-bond acceptors (Lipinski definition) is 8. The number of aromatic nitrogens is 4. The van der Waals surface area contributed by atoms with Gasteiger partial charge in [0.25, 0.3) is 0 Å². The summed E-state index contributed by atoms with van der Waals surface area (Å²) in [4.78, 5) is 20.3. The van der Waals surface area contributed by atoms with Gasteiger partial charge in [0.15, 0.2) is 0 Å². The molecule has 3 aromatic heterocycles. The van der Waals surface area contributed by atoms with E-state index >= 15 is 0 Å². The van der Waals surface area contributed by atoms with Crippen LogP contribution in [0, 0.1) is 6.92 Å². The van der Waals surface area contributed by atoms with E-state index in [1.807, 2.05) is 25.3 Å². The molecule has 4 rings (SSSR count). The quantitative estimate of drug-likeness (QED) is 0.600. The van der Waals surface area contributed by atoms with Crippen LogP contribution in [0.2, 0.25) is 0 Å². The summed E-state index contributed by atoms with van der Waals surface area (Å²) in [5.41, 5.74) is 6.30. The maximum Gasteiger partial charge on any atom is 0.216 e. The van der Waals surface area contributed by atoms with Crippen molar-refractivity contribution in [2.45, 2.75) is 19.9 Å². The fraction of sp³-hybridized carbons (Fsp3) is 0.364. The van der Waals surface area contributed by atoms with Gasteiger partial charge in [-0.3, -0.25) is 0 Å². The standard InChI is InChI=1S/C22H26N6O2/c1-15-10-17(12-25-22(15)30-3)28-8-5-19-18(13-28)21(27-14-26-19)16-4-6-23-20(11-16)24-7-9-29-2/h4,6,10-12,14H,5,7-9,13H2,1-3H3,(H,23,24). The smallest absolute Gasteiger partial charge is 0.216 e. The van der Waals surface area contributed by atoms with Crippen LogP contribution in [0.3, 0.4) is 0 Å². The molecule has 0 spiro atoms. The second-order valence-electron chi connectivity index (χ2n) is 7.19. The summed E-state index contributed by atoms with van der Waals surface area (Å²) in [7, 11) is 3.33. The van der Waals surface area contributed by atoms with E-state index in [1.54, 1.807) is 26.7 Å². The molecule has 0 atom stereocenters. The topological polar surface area (TPSA) is 85.3 Å². The van der Waals surface area contributed by atoms with Crippen molar-refractivity contribution in [3.63, 3.8) is 0 Å². The average molecular weight is 406 g/mol. The van der Waals surface area contributed by atoms with Gasteiger partial charge in [-0.2, -0.15) is 0 Å². The fourth-order valence-corrected chi connectivity index (χ4v) is 3.70. The van der Waals surface area contributed by atoms with Crippen molar-refractivity contribution in [3.8, 4) is 17.1 Å². The number of anilines is 2. The van der Waals surface area contributed by atoms with Gasteiger partial charge in [-0.05, 0) is 25.1 Å². The summed E-state index contributed by atoms with van der Waals surface area (Å²) in [6, 6.07) is 6.13. The number of nitrogens with one attached hydrogen (secondary N) is 1. The SMILES string of the molecule is COCCNc1cc(-c2ncnc3c2CN(c2cnc(OC)c(C)c2)CC3)ccn1. The van der Waals surface area contributed by atoms with Crippen LogP contribution in [0.1, 0.15) is 16.8 Å². The zero-order chi connectivity index (χ0) is 20.9. The Kier molecular flexibility index (Phi) is 6.04. The molecule has 30 heavy (non-hydrogen) atoms. The minimum Gasteiger partial charge on any atom is -0.481 e. The maximum atomic E-state index is 5.30. The lowest BCUT2D eigenvalue weighted by Crippen LogP contribution is -2.31. The van der Waals surface area contributed by atoms with Crippen molar-refractivity contribution >= 4 is 11.5 Å². The van der Waals surface area contributed by atoms with Crippen LogP contribution < -0.4 is 15.0 Å². The van der Waals surface area contributed by atoms with E-state index in [9.17, 15) is 0 Å². The Morgan fingerprint density at radius 3 is 2.83 bits per heavy atom. The molecule has 1 aliphatic rings. The van der Waals surface area contributed by atoms with Crippen LogP contribution in [0.15, 0.2) is 36.9 Å². The Balaban J connectivity index is 1.62. The van der Waals surface area contributed by atoms with Gasteiger partial charge in [0.1, 0.15) is 12.1 Å². The Morgan fingerprint density at radius 2 is 2.03 bits per heavy atom. The summed E-state index contributed by atoms with van der Waals surface area (Å²) in [5, 5.41) is 3.28. The molecule has 156 valence electrons. The Bertz CT molecular complexity index is 1030. The van der Waals surface area contributed by atoms with Gasteiger partial charge in [-0.15, -0.1) is 0 Å². The summed E-state index contributed by atoms with van der Waals surface area (Å²) >= 11 is 0. The number of fused-ring (bicyclic) bond motifs is 1. The fourth-order valence-electron chi connectivity index (χ4n) is 3.70. The summed E-state index contributed by atoms with van der Waals surface area (Å²) in [6.45, 7) is 4.95. The first kappa shape index (κ1) is 20.0. The molecule has 8 nitrogen and oxygen atoms in total. The van der Waals surface area contributed by atoms with E-state index in [2.05, 4.69) is 36.2 Å². The van der Waals surface area contributed by atoms with Crippen LogP contribution >= 0.6 is 0 Å². The minimum atomic E-state index is 0.624. The highest BCUT2D eigenvalue weighted by Gasteiger charge is 2.23. The number of aryl methyl sites for hydroxylation is 1. The van der Waals surface area contributed by atoms with Gasteiger partial charge in [0.2, 0.25) is 5.88 Å². The molecule has 0 aliphatic carbocycles. The first-order valence-corrected chi connectivity index (χ1v) is 9.97. The third-order valence-corrected chi connectivity index (χ3v) is 5.22. The van der Waals surface area contributed by atoms with E-state index in [4.69, 9.17) is 9.47 Å². The third kappa shape index (κ3) is 4.18. The van der Waals surface area contributed by atoms with Gasteiger partial charge >= 0.3 is 0 Å². The average Bonchev–Trinajstić information content (AvgIpc) is 2.78. The predicted molar refractivity (Wildman–Crippen MR) is 116 cm³/mol. The molecule has 3 aromatic rings. The molecule has 8 heteroatoms. The van der Waals surface area contributed by atoms with Gasteiger partial charge in [0, 0.05) is 56.1 Å². The van der Waals surface area contributed by atoms with E-state index in [-0.39, 0.29) is 0 Å². The van der Waals surface area contributed by atoms with Crippen molar-refractivity contribution in [2.24, 2.45) is 0 Å².